The van der Waals surface area contributed by atoms with Crippen LogP contribution in [0.3, 0.4) is 0 Å². The molecule has 1 N–H and O–H groups in total. The molecule has 0 bridgehead atoms. The van der Waals surface area contributed by atoms with Gasteiger partial charge in [-0.15, -0.1) is 10.2 Å². The van der Waals surface area contributed by atoms with Gasteiger partial charge < -0.3 is 9.64 Å². The number of nitrogens with zero attached hydrogens (tertiary/aromatic N) is 7. The fourth-order valence-electron chi connectivity index (χ4n) is 4.39. The molecule has 0 fully saturated rings. The number of amides is 1. The van der Waals surface area contributed by atoms with Crippen LogP contribution in [0, 0.1) is 0 Å². The van der Waals surface area contributed by atoms with Gasteiger partial charge in [0, 0.05) is 35.7 Å². The van der Waals surface area contributed by atoms with Gasteiger partial charge in [-0.1, -0.05) is 6.07 Å². The van der Waals surface area contributed by atoms with Crippen molar-refractivity contribution in [3.8, 4) is 28.6 Å². The molecule has 11 heteroatoms. The lowest BCUT2D eigenvalue weighted by atomic mass is 10.0. The maximum atomic E-state index is 13.8. The van der Waals surface area contributed by atoms with E-state index in [4.69, 9.17) is 9.84 Å². The number of pyridine rings is 1. The van der Waals surface area contributed by atoms with Gasteiger partial charge >= 0.3 is 0 Å². The van der Waals surface area contributed by atoms with Gasteiger partial charge in [0.2, 0.25) is 5.82 Å². The second kappa shape index (κ2) is 8.62. The van der Waals surface area contributed by atoms with E-state index in [1.54, 1.807) is 39.6 Å². The zero-order valence-electron chi connectivity index (χ0n) is 19.2. The first kappa shape index (κ1) is 21.5. The second-order valence-electron chi connectivity index (χ2n) is 8.15. The topological polar surface area (TPSA) is 124 Å². The van der Waals surface area contributed by atoms with Crippen LogP contribution < -0.4 is 15.2 Å². The number of methoxy groups -OCH3 is 1. The summed E-state index contributed by atoms with van der Waals surface area (Å²) < 4.78 is 8.44. The van der Waals surface area contributed by atoms with Crippen molar-refractivity contribution in [3.05, 3.63) is 94.5 Å². The molecule has 1 amide bonds. The van der Waals surface area contributed by atoms with Gasteiger partial charge in [-0.2, -0.15) is 10.3 Å². The van der Waals surface area contributed by atoms with Crippen molar-refractivity contribution >= 4 is 11.6 Å². The van der Waals surface area contributed by atoms with Gasteiger partial charge in [-0.3, -0.25) is 14.2 Å². The highest BCUT2D eigenvalue weighted by atomic mass is 16.5. The van der Waals surface area contributed by atoms with Crippen molar-refractivity contribution in [1.29, 1.82) is 0 Å². The lowest BCUT2D eigenvalue weighted by molar-refractivity contribution is 0.0973. The number of H-pyrrole nitrogens is 1. The number of hydrogen-bond donors (Lipinski definition) is 1. The van der Waals surface area contributed by atoms with Crippen LogP contribution in [0.15, 0.2) is 77.7 Å². The summed E-state index contributed by atoms with van der Waals surface area (Å²) in [6, 6.07) is 19.6. The predicted octanol–water partition coefficient (Wildman–Crippen LogP) is 2.41. The molecule has 3 aromatic heterocycles. The van der Waals surface area contributed by atoms with E-state index in [0.29, 0.717) is 41.6 Å². The first-order chi connectivity index (χ1) is 17.6. The normalized spacial score (nSPS) is 13.0. The van der Waals surface area contributed by atoms with Gasteiger partial charge in [0.1, 0.15) is 17.1 Å². The first-order valence-corrected chi connectivity index (χ1v) is 11.2. The van der Waals surface area contributed by atoms with Crippen LogP contribution in [0.1, 0.15) is 16.1 Å². The monoisotopic (exact) mass is 480 g/mol. The predicted molar refractivity (Wildman–Crippen MR) is 131 cm³/mol. The molecule has 0 saturated heterocycles. The Bertz CT molecular complexity index is 1600. The Labute approximate surface area is 204 Å². The molecule has 178 valence electrons. The van der Waals surface area contributed by atoms with Gasteiger partial charge in [-0.25, -0.2) is 4.68 Å². The lowest BCUT2D eigenvalue weighted by Crippen LogP contribution is -2.38. The zero-order chi connectivity index (χ0) is 24.6. The number of carbonyl (C=O) groups excluding carboxylic acids is 1. The number of fused-ring (bicyclic) bond motifs is 1. The summed E-state index contributed by atoms with van der Waals surface area (Å²) in [4.78, 5) is 27.7. The van der Waals surface area contributed by atoms with Gasteiger partial charge in [0.05, 0.1) is 12.8 Å². The Balaban J connectivity index is 1.41. The number of aromatic nitrogens is 7. The molecule has 11 nitrogen and oxygen atoms in total. The van der Waals surface area contributed by atoms with Crippen LogP contribution in [-0.4, -0.2) is 54.5 Å². The number of ether oxygens (including phenoxy) is 1. The van der Waals surface area contributed by atoms with E-state index in [1.807, 2.05) is 48.5 Å². The SMILES string of the molecule is COc1ccc(-n2nc(-c3nn[nH]n3)c3c2C(=O)N(c2ccc(-n4ccccc4=O)cc2)CC3)cc1. The third-order valence-electron chi connectivity index (χ3n) is 6.15. The molecule has 1 aliphatic heterocycles. The molecule has 0 atom stereocenters. The lowest BCUT2D eigenvalue weighted by Gasteiger charge is -2.28. The Morgan fingerprint density at radius 2 is 1.67 bits per heavy atom. The van der Waals surface area contributed by atoms with Crippen molar-refractivity contribution in [2.75, 3.05) is 18.6 Å². The Morgan fingerprint density at radius 3 is 2.36 bits per heavy atom. The van der Waals surface area contributed by atoms with Crippen LogP contribution in [0.5, 0.6) is 5.75 Å². The van der Waals surface area contributed by atoms with Crippen molar-refractivity contribution in [2.24, 2.45) is 0 Å². The molecule has 6 rings (SSSR count). The summed E-state index contributed by atoms with van der Waals surface area (Å²) in [5, 5.41) is 19.0. The maximum Gasteiger partial charge on any atom is 0.277 e. The number of anilines is 1. The van der Waals surface area contributed by atoms with E-state index < -0.39 is 0 Å². The van der Waals surface area contributed by atoms with Crippen LogP contribution in [0.4, 0.5) is 5.69 Å². The highest BCUT2D eigenvalue weighted by Crippen LogP contribution is 2.32. The van der Waals surface area contributed by atoms with Crippen molar-refractivity contribution in [3.63, 3.8) is 0 Å². The summed E-state index contributed by atoms with van der Waals surface area (Å²) in [6.07, 6.45) is 2.27. The van der Waals surface area contributed by atoms with Crippen molar-refractivity contribution < 1.29 is 9.53 Å². The highest BCUT2D eigenvalue weighted by Gasteiger charge is 2.34. The molecule has 4 heterocycles. The molecular weight excluding hydrogens is 460 g/mol. The fourth-order valence-corrected chi connectivity index (χ4v) is 4.39. The summed E-state index contributed by atoms with van der Waals surface area (Å²) >= 11 is 0. The minimum absolute atomic E-state index is 0.124. The Hall–Kier alpha value is -5.06. The molecular formula is C25H20N8O3. The van der Waals surface area contributed by atoms with E-state index in [0.717, 1.165) is 16.9 Å². The van der Waals surface area contributed by atoms with Crippen LogP contribution >= 0.6 is 0 Å². The number of aromatic amines is 1. The van der Waals surface area contributed by atoms with Crippen LogP contribution in [-0.2, 0) is 6.42 Å². The summed E-state index contributed by atoms with van der Waals surface area (Å²) in [7, 11) is 1.60. The number of tetrazole rings is 1. The van der Waals surface area contributed by atoms with Crippen molar-refractivity contribution in [2.45, 2.75) is 6.42 Å². The van der Waals surface area contributed by atoms with E-state index >= 15 is 0 Å². The number of rotatable bonds is 5. The van der Waals surface area contributed by atoms with E-state index in [9.17, 15) is 9.59 Å². The molecule has 0 radical (unpaired) electrons. The Morgan fingerprint density at radius 1 is 0.917 bits per heavy atom. The molecule has 36 heavy (non-hydrogen) atoms. The average molecular weight is 480 g/mol. The molecule has 0 aliphatic carbocycles. The molecule has 2 aromatic carbocycles. The van der Waals surface area contributed by atoms with Crippen molar-refractivity contribution in [1.82, 2.24) is 35.0 Å². The van der Waals surface area contributed by atoms with Gasteiger partial charge in [0.25, 0.3) is 11.5 Å². The van der Waals surface area contributed by atoms with Gasteiger partial charge in [0.15, 0.2) is 0 Å². The minimum Gasteiger partial charge on any atom is -0.497 e. The van der Waals surface area contributed by atoms with Crippen LogP contribution in [0.2, 0.25) is 0 Å². The third kappa shape index (κ3) is 3.54. The number of hydrogen-bond acceptors (Lipinski definition) is 7. The number of benzene rings is 2. The third-order valence-corrected chi connectivity index (χ3v) is 6.15. The smallest absolute Gasteiger partial charge is 0.277 e. The summed E-state index contributed by atoms with van der Waals surface area (Å²) in [5.41, 5.74) is 3.74. The first-order valence-electron chi connectivity index (χ1n) is 11.2. The number of nitrogens with one attached hydrogen (secondary N) is 1. The summed E-state index contributed by atoms with van der Waals surface area (Å²) in [6.45, 7) is 0.454. The molecule has 0 saturated carbocycles. The molecule has 0 spiro atoms. The highest BCUT2D eigenvalue weighted by molar-refractivity contribution is 6.08. The van der Waals surface area contributed by atoms with E-state index in [1.165, 1.54) is 6.07 Å². The number of carbonyl (C=O) groups is 1. The molecule has 5 aromatic rings. The van der Waals surface area contributed by atoms with E-state index in [-0.39, 0.29) is 11.5 Å². The second-order valence-corrected chi connectivity index (χ2v) is 8.15. The average Bonchev–Trinajstić information content (AvgIpc) is 3.58. The fraction of sp³-hybridized carbons (Fsp3) is 0.120. The summed E-state index contributed by atoms with van der Waals surface area (Å²) in [5.74, 6) is 0.833. The maximum absolute atomic E-state index is 13.8. The largest absolute Gasteiger partial charge is 0.497 e. The van der Waals surface area contributed by atoms with Crippen LogP contribution in [0.25, 0.3) is 22.9 Å². The Kier molecular flexibility index (Phi) is 5.14. The zero-order valence-corrected chi connectivity index (χ0v) is 19.2. The molecule has 0 unspecified atom stereocenters. The molecule has 1 aliphatic rings. The quantitative estimate of drug-likeness (QED) is 0.410. The van der Waals surface area contributed by atoms with E-state index in [2.05, 4.69) is 20.6 Å². The van der Waals surface area contributed by atoms with Gasteiger partial charge in [-0.05, 0) is 66.2 Å². The minimum atomic E-state index is -0.195. The standard InChI is InChI=1S/C25H20N8O3/c1-36-19-11-9-18(10-12-19)33-23-20(22(28-33)24-26-29-30-27-24)13-15-32(25(23)35)17-7-5-16(6-8-17)31-14-3-2-4-21(31)34/h2-12,14H,13,15H2,1H3,(H,26,27,29,30).